The first-order valence-corrected chi connectivity index (χ1v) is 4.94. The van der Waals surface area contributed by atoms with Crippen LogP contribution in [-0.4, -0.2) is 22.7 Å². The number of methoxy groups -OCH3 is 1. The molecule has 0 fully saturated rings. The van der Waals surface area contributed by atoms with Crippen LogP contribution in [-0.2, 0) is 6.54 Å². The Hall–Kier alpha value is -2.04. The molecule has 0 aliphatic rings. The van der Waals surface area contributed by atoms with Gasteiger partial charge < -0.3 is 9.15 Å². The number of nitrogens with zero attached hydrogens (tertiary/aromatic N) is 2. The molecule has 5 heteroatoms. The first-order chi connectivity index (χ1) is 7.77. The topological polar surface area (TPSA) is 57.3 Å². The summed E-state index contributed by atoms with van der Waals surface area (Å²) < 4.78 is 11.6. The molecule has 0 aromatic carbocycles. The second-order valence-electron chi connectivity index (χ2n) is 3.22. The largest absolute Gasteiger partial charge is 0.493 e. The Labute approximate surface area is 92.6 Å². The van der Waals surface area contributed by atoms with Gasteiger partial charge in [-0.15, -0.1) is 0 Å². The Kier molecular flexibility index (Phi) is 2.76. The van der Waals surface area contributed by atoms with Gasteiger partial charge in [0.1, 0.15) is 6.26 Å². The molecule has 0 spiro atoms. The zero-order chi connectivity index (χ0) is 11.5. The van der Waals surface area contributed by atoms with E-state index < -0.39 is 0 Å². The van der Waals surface area contributed by atoms with E-state index in [1.165, 1.54) is 25.8 Å². The van der Waals surface area contributed by atoms with Gasteiger partial charge in [0.2, 0.25) is 5.78 Å². The first kappa shape index (κ1) is 10.5. The molecule has 0 bridgehead atoms. The van der Waals surface area contributed by atoms with Crippen molar-refractivity contribution in [3.8, 4) is 5.75 Å². The lowest BCUT2D eigenvalue weighted by Crippen LogP contribution is -2.11. The summed E-state index contributed by atoms with van der Waals surface area (Å²) in [6, 6.07) is 1.62. The standard InChI is InChI=1S/C11H12N2O3/c1-3-13-10(9(15-2)6-12-13)11(14)8-4-5-16-7-8/h4-7H,3H2,1-2H3. The van der Waals surface area contributed by atoms with Gasteiger partial charge in [-0.3, -0.25) is 9.48 Å². The summed E-state index contributed by atoms with van der Waals surface area (Å²) in [6.45, 7) is 2.53. The Bertz CT molecular complexity index is 464. The fourth-order valence-electron chi connectivity index (χ4n) is 1.52. The fourth-order valence-corrected chi connectivity index (χ4v) is 1.52. The van der Waals surface area contributed by atoms with Gasteiger partial charge in [0, 0.05) is 6.54 Å². The van der Waals surface area contributed by atoms with Gasteiger partial charge in [-0.25, -0.2) is 0 Å². The number of aromatic nitrogens is 2. The third kappa shape index (κ3) is 1.60. The average molecular weight is 220 g/mol. The minimum atomic E-state index is -0.148. The molecular formula is C11H12N2O3. The molecule has 5 nitrogen and oxygen atoms in total. The molecule has 0 N–H and O–H groups in total. The third-order valence-corrected chi connectivity index (χ3v) is 2.32. The second-order valence-corrected chi connectivity index (χ2v) is 3.22. The maximum Gasteiger partial charge on any atom is 0.218 e. The van der Waals surface area contributed by atoms with Crippen LogP contribution in [0.25, 0.3) is 0 Å². The van der Waals surface area contributed by atoms with Gasteiger partial charge in [0.25, 0.3) is 0 Å². The molecule has 0 unspecified atom stereocenters. The molecule has 0 aliphatic heterocycles. The lowest BCUT2D eigenvalue weighted by atomic mass is 10.1. The van der Waals surface area contributed by atoms with Crippen LogP contribution in [0.4, 0.5) is 0 Å². The van der Waals surface area contributed by atoms with Crippen LogP contribution in [0.3, 0.4) is 0 Å². The molecule has 0 aliphatic carbocycles. The number of hydrogen-bond donors (Lipinski definition) is 0. The Morgan fingerprint density at radius 3 is 3.00 bits per heavy atom. The van der Waals surface area contributed by atoms with Crippen molar-refractivity contribution in [2.24, 2.45) is 0 Å². The number of carbonyl (C=O) groups excluding carboxylic acids is 1. The van der Waals surface area contributed by atoms with Gasteiger partial charge in [-0.2, -0.15) is 5.10 Å². The lowest BCUT2D eigenvalue weighted by molar-refractivity contribution is 0.102. The molecule has 0 amide bonds. The lowest BCUT2D eigenvalue weighted by Gasteiger charge is -2.04. The van der Waals surface area contributed by atoms with E-state index in [4.69, 9.17) is 9.15 Å². The van der Waals surface area contributed by atoms with Gasteiger partial charge in [0.05, 0.1) is 25.1 Å². The number of ether oxygens (including phenoxy) is 1. The number of carbonyl (C=O) groups is 1. The quantitative estimate of drug-likeness (QED) is 0.736. The van der Waals surface area contributed by atoms with E-state index in [-0.39, 0.29) is 5.78 Å². The third-order valence-electron chi connectivity index (χ3n) is 2.32. The van der Waals surface area contributed by atoms with E-state index in [0.717, 1.165) is 0 Å². The zero-order valence-electron chi connectivity index (χ0n) is 9.14. The summed E-state index contributed by atoms with van der Waals surface area (Å²) >= 11 is 0. The van der Waals surface area contributed by atoms with E-state index in [9.17, 15) is 4.79 Å². The highest BCUT2D eigenvalue weighted by Crippen LogP contribution is 2.21. The maximum atomic E-state index is 12.1. The van der Waals surface area contributed by atoms with Crippen LogP contribution in [0.5, 0.6) is 5.75 Å². The van der Waals surface area contributed by atoms with Crippen LogP contribution in [0.1, 0.15) is 23.0 Å². The van der Waals surface area contributed by atoms with Crippen LogP contribution < -0.4 is 4.74 Å². The molecule has 0 saturated heterocycles. The van der Waals surface area contributed by atoms with Crippen molar-refractivity contribution in [3.63, 3.8) is 0 Å². The van der Waals surface area contributed by atoms with Crippen LogP contribution in [0, 0.1) is 0 Å². The SMILES string of the molecule is CCn1ncc(OC)c1C(=O)c1ccoc1. The number of rotatable bonds is 4. The summed E-state index contributed by atoms with van der Waals surface area (Å²) in [6.07, 6.45) is 4.41. The highest BCUT2D eigenvalue weighted by atomic mass is 16.5. The molecule has 16 heavy (non-hydrogen) atoms. The second kappa shape index (κ2) is 4.22. The summed E-state index contributed by atoms with van der Waals surface area (Å²) in [5, 5.41) is 4.08. The van der Waals surface area contributed by atoms with Crippen molar-refractivity contribution in [2.45, 2.75) is 13.5 Å². The minimum absolute atomic E-state index is 0.148. The van der Waals surface area contributed by atoms with Crippen LogP contribution in [0.15, 0.2) is 29.2 Å². The molecule has 2 rings (SSSR count). The summed E-state index contributed by atoms with van der Waals surface area (Å²) in [5.41, 5.74) is 0.944. The van der Waals surface area contributed by atoms with Gasteiger partial charge in [-0.1, -0.05) is 0 Å². The van der Waals surface area contributed by atoms with Crippen molar-refractivity contribution in [1.82, 2.24) is 9.78 Å². The van der Waals surface area contributed by atoms with E-state index in [0.29, 0.717) is 23.6 Å². The zero-order valence-corrected chi connectivity index (χ0v) is 9.14. The first-order valence-electron chi connectivity index (χ1n) is 4.94. The molecule has 2 heterocycles. The number of aryl methyl sites for hydroxylation is 1. The van der Waals surface area contributed by atoms with E-state index in [2.05, 4.69) is 5.10 Å². The molecular weight excluding hydrogens is 208 g/mol. The van der Waals surface area contributed by atoms with Gasteiger partial charge in [-0.05, 0) is 13.0 Å². The van der Waals surface area contributed by atoms with E-state index in [1.807, 2.05) is 6.92 Å². The monoisotopic (exact) mass is 220 g/mol. The molecule has 2 aromatic rings. The predicted octanol–water partition coefficient (Wildman–Crippen LogP) is 1.74. The molecule has 0 saturated carbocycles. The summed E-state index contributed by atoms with van der Waals surface area (Å²) in [5.74, 6) is 0.331. The highest BCUT2D eigenvalue weighted by molar-refractivity contribution is 6.09. The molecule has 84 valence electrons. The smallest absolute Gasteiger partial charge is 0.218 e. The number of ketones is 1. The normalized spacial score (nSPS) is 10.4. The van der Waals surface area contributed by atoms with Crippen molar-refractivity contribution >= 4 is 5.78 Å². The fraction of sp³-hybridized carbons (Fsp3) is 0.273. The van der Waals surface area contributed by atoms with Crippen molar-refractivity contribution in [3.05, 3.63) is 36.0 Å². The Morgan fingerprint density at radius 1 is 1.62 bits per heavy atom. The average Bonchev–Trinajstić information content (AvgIpc) is 2.96. The van der Waals surface area contributed by atoms with Gasteiger partial charge >= 0.3 is 0 Å². The van der Waals surface area contributed by atoms with E-state index >= 15 is 0 Å². The van der Waals surface area contributed by atoms with E-state index in [1.54, 1.807) is 10.7 Å². The molecule has 2 aromatic heterocycles. The van der Waals surface area contributed by atoms with Crippen LogP contribution >= 0.6 is 0 Å². The number of furan rings is 1. The predicted molar refractivity (Wildman–Crippen MR) is 56.6 cm³/mol. The maximum absolute atomic E-state index is 12.1. The van der Waals surface area contributed by atoms with Gasteiger partial charge in [0.15, 0.2) is 11.4 Å². The Morgan fingerprint density at radius 2 is 2.44 bits per heavy atom. The molecule has 0 atom stereocenters. The molecule has 0 radical (unpaired) electrons. The van der Waals surface area contributed by atoms with Crippen LogP contribution in [0.2, 0.25) is 0 Å². The highest BCUT2D eigenvalue weighted by Gasteiger charge is 2.20. The van der Waals surface area contributed by atoms with Crippen molar-refractivity contribution in [1.29, 1.82) is 0 Å². The van der Waals surface area contributed by atoms with Crippen molar-refractivity contribution < 1.29 is 13.9 Å². The van der Waals surface area contributed by atoms with Crippen molar-refractivity contribution in [2.75, 3.05) is 7.11 Å². The summed E-state index contributed by atoms with van der Waals surface area (Å²) in [7, 11) is 1.52. The summed E-state index contributed by atoms with van der Waals surface area (Å²) in [4.78, 5) is 12.1. The Balaban J connectivity index is 2.46. The number of hydrogen-bond acceptors (Lipinski definition) is 4. The minimum Gasteiger partial charge on any atom is -0.493 e.